The maximum atomic E-state index is 11.8. The molecule has 0 saturated heterocycles. The molecule has 1 N–H and O–H groups in total. The number of carbonyl (C=O) groups excluding carboxylic acids is 2. The fraction of sp³-hybridized carbons (Fsp3) is 0.348. The topological polar surface area (TPSA) is 89.9 Å². The first kappa shape index (κ1) is 23.5. The van der Waals surface area contributed by atoms with Gasteiger partial charge < -0.3 is 14.3 Å². The fourth-order valence-electron chi connectivity index (χ4n) is 3.51. The van der Waals surface area contributed by atoms with E-state index in [2.05, 4.69) is 45.0 Å². The van der Waals surface area contributed by atoms with Gasteiger partial charge in [0.1, 0.15) is 6.61 Å². The molecule has 6 nitrogen and oxygen atoms in total. The van der Waals surface area contributed by atoms with E-state index < -0.39 is 26.0 Å². The minimum absolute atomic E-state index is 0.0323. The number of carboxylic acids is 1. The quantitative estimate of drug-likeness (QED) is 0.271. The first-order chi connectivity index (χ1) is 14.2. The van der Waals surface area contributed by atoms with Crippen molar-refractivity contribution in [3.63, 3.8) is 0 Å². The van der Waals surface area contributed by atoms with Crippen LogP contribution in [0.4, 0.5) is 0 Å². The van der Waals surface area contributed by atoms with Gasteiger partial charge in [-0.25, -0.2) is 4.79 Å². The standard InChI is InChI=1S/C23H28O6Si/c1-23(2,3)30(18-10-6-4-7-11-18,19-12-8-5-9-13-19)29-17-16-28-21(25)15-14-20(24)22(26)27/h4-13H,14-17H2,1-3H3,(H,26,27). The third-order valence-corrected chi connectivity index (χ3v) is 9.92. The molecule has 30 heavy (non-hydrogen) atoms. The molecule has 0 aliphatic carbocycles. The number of benzene rings is 2. The number of carboxylic acid groups (broad SMARTS) is 1. The molecule has 2 aromatic carbocycles. The highest BCUT2D eigenvalue weighted by atomic mass is 28.4. The van der Waals surface area contributed by atoms with Crippen molar-refractivity contribution in [2.45, 2.75) is 38.7 Å². The molecule has 0 radical (unpaired) electrons. The molecule has 0 amide bonds. The van der Waals surface area contributed by atoms with Crippen LogP contribution < -0.4 is 10.4 Å². The summed E-state index contributed by atoms with van der Waals surface area (Å²) in [5, 5.41) is 10.6. The van der Waals surface area contributed by atoms with Crippen LogP contribution in [0.5, 0.6) is 0 Å². The van der Waals surface area contributed by atoms with E-state index in [0.717, 1.165) is 10.4 Å². The van der Waals surface area contributed by atoms with E-state index in [1.54, 1.807) is 0 Å². The van der Waals surface area contributed by atoms with E-state index >= 15 is 0 Å². The maximum Gasteiger partial charge on any atom is 0.372 e. The maximum absolute atomic E-state index is 11.8. The summed E-state index contributed by atoms with van der Waals surface area (Å²) < 4.78 is 11.7. The Morgan fingerprint density at radius 3 is 1.77 bits per heavy atom. The Morgan fingerprint density at radius 1 is 0.833 bits per heavy atom. The van der Waals surface area contributed by atoms with E-state index in [1.807, 2.05) is 36.4 Å². The molecule has 7 heteroatoms. The van der Waals surface area contributed by atoms with Crippen molar-refractivity contribution in [1.29, 1.82) is 0 Å². The zero-order valence-corrected chi connectivity index (χ0v) is 18.6. The van der Waals surface area contributed by atoms with Crippen molar-refractivity contribution in [2.24, 2.45) is 0 Å². The fourth-order valence-corrected chi connectivity index (χ4v) is 8.05. The molecule has 0 fully saturated rings. The summed E-state index contributed by atoms with van der Waals surface area (Å²) in [6.07, 6.45) is -0.631. The second-order valence-electron chi connectivity index (χ2n) is 7.96. The lowest BCUT2D eigenvalue weighted by Gasteiger charge is -2.43. The molecule has 0 spiro atoms. The average molecular weight is 429 g/mol. The average Bonchev–Trinajstić information content (AvgIpc) is 2.72. The van der Waals surface area contributed by atoms with Crippen LogP contribution in [-0.2, 0) is 23.5 Å². The van der Waals surface area contributed by atoms with Gasteiger partial charge in [-0.1, -0.05) is 81.4 Å². The van der Waals surface area contributed by atoms with E-state index in [0.29, 0.717) is 0 Å². The number of hydrogen-bond donors (Lipinski definition) is 1. The zero-order valence-electron chi connectivity index (χ0n) is 17.6. The van der Waals surface area contributed by atoms with E-state index in [1.165, 1.54) is 0 Å². The van der Waals surface area contributed by atoms with Gasteiger partial charge in [-0.2, -0.15) is 0 Å². The first-order valence-electron chi connectivity index (χ1n) is 9.85. The second-order valence-corrected chi connectivity index (χ2v) is 12.3. The van der Waals surface area contributed by atoms with Crippen LogP contribution in [0, 0.1) is 0 Å². The Bertz CT molecular complexity index is 819. The van der Waals surface area contributed by atoms with Gasteiger partial charge in [-0.3, -0.25) is 9.59 Å². The normalized spacial score (nSPS) is 11.7. The molecule has 2 aromatic rings. The second kappa shape index (κ2) is 10.3. The highest BCUT2D eigenvalue weighted by Gasteiger charge is 2.50. The third-order valence-electron chi connectivity index (χ3n) is 4.88. The number of ketones is 1. The molecular formula is C23H28O6Si. The predicted molar refractivity (Wildman–Crippen MR) is 116 cm³/mol. The third kappa shape index (κ3) is 5.64. The van der Waals surface area contributed by atoms with Gasteiger partial charge in [-0.05, 0) is 15.4 Å². The Kier molecular flexibility index (Phi) is 8.08. The van der Waals surface area contributed by atoms with Gasteiger partial charge in [0, 0.05) is 6.42 Å². The van der Waals surface area contributed by atoms with Crippen molar-refractivity contribution in [3.05, 3.63) is 60.7 Å². The Morgan fingerprint density at radius 2 is 1.33 bits per heavy atom. The van der Waals surface area contributed by atoms with Crippen LogP contribution in [0.1, 0.15) is 33.6 Å². The number of Topliss-reactive ketones (excluding diaryl/α,β-unsaturated/α-hetero) is 1. The van der Waals surface area contributed by atoms with Crippen LogP contribution in [-0.4, -0.2) is 44.4 Å². The van der Waals surface area contributed by atoms with Gasteiger partial charge in [0.25, 0.3) is 8.32 Å². The summed E-state index contributed by atoms with van der Waals surface area (Å²) in [7, 11) is -2.70. The molecule has 0 heterocycles. The van der Waals surface area contributed by atoms with Gasteiger partial charge in [-0.15, -0.1) is 0 Å². The summed E-state index contributed by atoms with van der Waals surface area (Å²) >= 11 is 0. The van der Waals surface area contributed by atoms with Crippen LogP contribution in [0.25, 0.3) is 0 Å². The van der Waals surface area contributed by atoms with Gasteiger partial charge in [0.2, 0.25) is 5.78 Å². The highest BCUT2D eigenvalue weighted by molar-refractivity contribution is 6.99. The van der Waals surface area contributed by atoms with Crippen molar-refractivity contribution in [1.82, 2.24) is 0 Å². The predicted octanol–water partition coefficient (Wildman–Crippen LogP) is 2.54. The minimum atomic E-state index is -2.70. The number of rotatable bonds is 10. The lowest BCUT2D eigenvalue weighted by atomic mass is 10.2. The molecule has 0 atom stereocenters. The molecule has 0 bridgehead atoms. The van der Waals surface area contributed by atoms with Crippen molar-refractivity contribution in [3.8, 4) is 0 Å². The molecule has 0 saturated carbocycles. The number of esters is 1. The summed E-state index contributed by atoms with van der Waals surface area (Å²) in [4.78, 5) is 33.5. The van der Waals surface area contributed by atoms with Crippen molar-refractivity contribution in [2.75, 3.05) is 13.2 Å². The van der Waals surface area contributed by atoms with Crippen LogP contribution >= 0.6 is 0 Å². The molecule has 0 unspecified atom stereocenters. The Hall–Kier alpha value is -2.77. The summed E-state index contributed by atoms with van der Waals surface area (Å²) in [6, 6.07) is 20.2. The van der Waals surface area contributed by atoms with Crippen LogP contribution in [0.2, 0.25) is 5.04 Å². The number of aliphatic carboxylic acids is 1. The highest BCUT2D eigenvalue weighted by Crippen LogP contribution is 2.36. The minimum Gasteiger partial charge on any atom is -0.476 e. The van der Waals surface area contributed by atoms with E-state index in [9.17, 15) is 14.4 Å². The lowest BCUT2D eigenvalue weighted by molar-refractivity contribution is -0.151. The smallest absolute Gasteiger partial charge is 0.372 e. The largest absolute Gasteiger partial charge is 0.476 e. The SMILES string of the molecule is CC(C)(C)[Si](OCCOC(=O)CCC(=O)C(=O)O)(c1ccccc1)c1ccccc1. The zero-order chi connectivity index (χ0) is 22.2. The molecule has 0 aliphatic heterocycles. The summed E-state index contributed by atoms with van der Waals surface area (Å²) in [6.45, 7) is 6.70. The number of carbonyl (C=O) groups is 3. The summed E-state index contributed by atoms with van der Waals surface area (Å²) in [5.74, 6) is -3.16. The summed E-state index contributed by atoms with van der Waals surface area (Å²) in [5.41, 5.74) is 0. The van der Waals surface area contributed by atoms with Crippen molar-refractivity contribution >= 4 is 36.4 Å². The Labute approximate surface area is 178 Å². The van der Waals surface area contributed by atoms with E-state index in [4.69, 9.17) is 14.3 Å². The molecular weight excluding hydrogens is 400 g/mol. The number of ether oxygens (including phenoxy) is 1. The molecule has 2 rings (SSSR count). The molecule has 0 aromatic heterocycles. The van der Waals surface area contributed by atoms with Gasteiger partial charge >= 0.3 is 11.9 Å². The van der Waals surface area contributed by atoms with Crippen molar-refractivity contribution < 1.29 is 28.7 Å². The number of hydrogen-bond acceptors (Lipinski definition) is 5. The molecule has 160 valence electrons. The molecule has 0 aliphatic rings. The van der Waals surface area contributed by atoms with Gasteiger partial charge in [0.05, 0.1) is 13.0 Å². The van der Waals surface area contributed by atoms with Gasteiger partial charge in [0.15, 0.2) is 0 Å². The first-order valence-corrected chi connectivity index (χ1v) is 11.8. The van der Waals surface area contributed by atoms with E-state index in [-0.39, 0.29) is 31.1 Å². The lowest BCUT2D eigenvalue weighted by Crippen LogP contribution is -2.66. The van der Waals surface area contributed by atoms with Crippen LogP contribution in [0.3, 0.4) is 0 Å². The van der Waals surface area contributed by atoms with Crippen LogP contribution in [0.15, 0.2) is 60.7 Å². The monoisotopic (exact) mass is 428 g/mol. The Balaban J connectivity index is 2.14.